The molecule has 36 heavy (non-hydrogen) atoms. The molecule has 0 aliphatic heterocycles. The zero-order valence-corrected chi connectivity index (χ0v) is 21.7. The Labute approximate surface area is 219 Å². The van der Waals surface area contributed by atoms with Gasteiger partial charge in [-0.05, 0) is 61.9 Å². The Morgan fingerprint density at radius 3 is 2.25 bits per heavy atom. The Kier molecular flexibility index (Phi) is 8.07. The molecule has 0 fully saturated rings. The van der Waals surface area contributed by atoms with Crippen LogP contribution in [0.3, 0.4) is 0 Å². The second kappa shape index (κ2) is 11.4. The van der Waals surface area contributed by atoms with Crippen molar-refractivity contribution in [3.8, 4) is 11.4 Å². The Morgan fingerprint density at radius 1 is 0.944 bits per heavy atom. The van der Waals surface area contributed by atoms with Crippen molar-refractivity contribution in [1.82, 2.24) is 14.8 Å². The maximum atomic E-state index is 12.8. The summed E-state index contributed by atoms with van der Waals surface area (Å²) in [7, 11) is 1.87. The van der Waals surface area contributed by atoms with Gasteiger partial charge in [0.15, 0.2) is 11.0 Å². The summed E-state index contributed by atoms with van der Waals surface area (Å²) in [5, 5.41) is 15.2. The first-order chi connectivity index (χ1) is 17.4. The normalized spacial score (nSPS) is 11.7. The summed E-state index contributed by atoms with van der Waals surface area (Å²) >= 11 is 7.50. The van der Waals surface area contributed by atoms with Crippen molar-refractivity contribution in [2.45, 2.75) is 30.7 Å². The van der Waals surface area contributed by atoms with E-state index in [1.54, 1.807) is 36.4 Å². The van der Waals surface area contributed by atoms with Crippen molar-refractivity contribution >= 4 is 46.6 Å². The topological polar surface area (TPSA) is 88.9 Å². The molecule has 0 radical (unpaired) electrons. The molecule has 0 spiro atoms. The van der Waals surface area contributed by atoms with E-state index >= 15 is 0 Å². The van der Waals surface area contributed by atoms with E-state index in [9.17, 15) is 9.59 Å². The van der Waals surface area contributed by atoms with E-state index in [1.165, 1.54) is 11.8 Å². The average molecular weight is 520 g/mol. The van der Waals surface area contributed by atoms with Gasteiger partial charge in [-0.25, -0.2) is 0 Å². The summed E-state index contributed by atoms with van der Waals surface area (Å²) in [6, 6.07) is 21.9. The first kappa shape index (κ1) is 25.5. The van der Waals surface area contributed by atoms with Crippen LogP contribution >= 0.6 is 23.4 Å². The van der Waals surface area contributed by atoms with E-state index in [0.29, 0.717) is 33.7 Å². The number of hydrogen-bond donors (Lipinski definition) is 2. The molecular formula is C27H26ClN5O2S. The highest BCUT2D eigenvalue weighted by atomic mass is 35.5. The molecule has 4 rings (SSSR count). The number of carbonyl (C=O) groups is 2. The molecule has 9 heteroatoms. The van der Waals surface area contributed by atoms with Gasteiger partial charge in [-0.15, -0.1) is 10.2 Å². The van der Waals surface area contributed by atoms with Gasteiger partial charge in [0, 0.05) is 24.0 Å². The highest BCUT2D eigenvalue weighted by Crippen LogP contribution is 2.29. The quantitative estimate of drug-likeness (QED) is 0.270. The number of carbonyl (C=O) groups excluding carboxylic acids is 2. The SMILES string of the molecule is CC[C@H](Sc1nnc(-c2ccc(NC(=O)c3ccccc3Cl)cc2)n1C)C(=O)Nc1ccc(C)cc1. The molecular weight excluding hydrogens is 494 g/mol. The summed E-state index contributed by atoms with van der Waals surface area (Å²) in [6.45, 7) is 3.98. The van der Waals surface area contributed by atoms with Crippen molar-refractivity contribution in [2.75, 3.05) is 10.6 Å². The van der Waals surface area contributed by atoms with Crippen molar-refractivity contribution in [3.63, 3.8) is 0 Å². The van der Waals surface area contributed by atoms with Crippen LogP contribution in [0.4, 0.5) is 11.4 Å². The maximum absolute atomic E-state index is 12.8. The Morgan fingerprint density at radius 2 is 1.58 bits per heavy atom. The first-order valence-corrected chi connectivity index (χ1v) is 12.7. The third-order valence-electron chi connectivity index (χ3n) is 5.58. The van der Waals surface area contributed by atoms with Gasteiger partial charge in [-0.3, -0.25) is 9.59 Å². The molecule has 4 aromatic rings. The lowest BCUT2D eigenvalue weighted by molar-refractivity contribution is -0.115. The van der Waals surface area contributed by atoms with Crippen LogP contribution in [0.1, 0.15) is 29.3 Å². The van der Waals surface area contributed by atoms with Crippen LogP contribution in [0.15, 0.2) is 78.0 Å². The predicted octanol–water partition coefficient (Wildman–Crippen LogP) is 6.21. The Bertz CT molecular complexity index is 1370. The molecule has 0 saturated heterocycles. The molecule has 0 saturated carbocycles. The van der Waals surface area contributed by atoms with Crippen LogP contribution in [0.2, 0.25) is 5.02 Å². The Balaban J connectivity index is 1.43. The summed E-state index contributed by atoms with van der Waals surface area (Å²) < 4.78 is 1.86. The molecule has 0 aliphatic rings. The Hall–Kier alpha value is -3.62. The number of benzene rings is 3. The van der Waals surface area contributed by atoms with E-state index in [0.717, 1.165) is 16.8 Å². The van der Waals surface area contributed by atoms with Gasteiger partial charge in [0.25, 0.3) is 5.91 Å². The molecule has 2 N–H and O–H groups in total. The number of aryl methyl sites for hydroxylation is 1. The number of amides is 2. The van der Waals surface area contributed by atoms with Crippen LogP contribution in [0.5, 0.6) is 0 Å². The smallest absolute Gasteiger partial charge is 0.257 e. The average Bonchev–Trinajstić information content (AvgIpc) is 3.24. The van der Waals surface area contributed by atoms with Gasteiger partial charge in [0.1, 0.15) is 0 Å². The zero-order valence-electron chi connectivity index (χ0n) is 20.2. The molecule has 184 valence electrons. The summed E-state index contributed by atoms with van der Waals surface area (Å²) in [5.41, 5.74) is 3.79. The van der Waals surface area contributed by atoms with Gasteiger partial charge < -0.3 is 15.2 Å². The van der Waals surface area contributed by atoms with Crippen molar-refractivity contribution < 1.29 is 9.59 Å². The highest BCUT2D eigenvalue weighted by molar-refractivity contribution is 8.00. The number of thioether (sulfide) groups is 1. The number of nitrogens with zero attached hydrogens (tertiary/aromatic N) is 3. The lowest BCUT2D eigenvalue weighted by Crippen LogP contribution is -2.25. The standard InChI is InChI=1S/C27H26ClN5O2S/c1-4-23(26(35)30-19-13-9-17(2)10-14-19)36-27-32-31-24(33(27)3)18-11-15-20(16-12-18)29-25(34)21-7-5-6-8-22(21)28/h5-16,23H,4H2,1-3H3,(H,29,34)(H,30,35)/t23-/m0/s1. The van der Waals surface area contributed by atoms with Gasteiger partial charge in [-0.2, -0.15) is 0 Å². The van der Waals surface area contributed by atoms with E-state index in [1.807, 2.05) is 61.9 Å². The number of anilines is 2. The second-order valence-electron chi connectivity index (χ2n) is 8.25. The molecule has 0 unspecified atom stereocenters. The zero-order chi connectivity index (χ0) is 25.7. The summed E-state index contributed by atoms with van der Waals surface area (Å²) in [4.78, 5) is 25.3. The highest BCUT2D eigenvalue weighted by Gasteiger charge is 2.22. The van der Waals surface area contributed by atoms with E-state index in [2.05, 4.69) is 20.8 Å². The fourth-order valence-corrected chi connectivity index (χ4v) is 4.67. The van der Waals surface area contributed by atoms with Gasteiger partial charge in [0.2, 0.25) is 5.91 Å². The minimum Gasteiger partial charge on any atom is -0.325 e. The van der Waals surface area contributed by atoms with Crippen LogP contribution in [0, 0.1) is 6.92 Å². The molecule has 0 bridgehead atoms. The fourth-order valence-electron chi connectivity index (χ4n) is 3.52. The molecule has 0 aliphatic carbocycles. The van der Waals surface area contributed by atoms with E-state index < -0.39 is 0 Å². The lowest BCUT2D eigenvalue weighted by atomic mass is 10.1. The van der Waals surface area contributed by atoms with Crippen molar-refractivity contribution in [3.05, 3.63) is 88.9 Å². The lowest BCUT2D eigenvalue weighted by Gasteiger charge is -2.14. The number of aromatic nitrogens is 3. The molecule has 1 heterocycles. The first-order valence-electron chi connectivity index (χ1n) is 11.5. The second-order valence-corrected chi connectivity index (χ2v) is 9.82. The largest absolute Gasteiger partial charge is 0.325 e. The van der Waals surface area contributed by atoms with E-state index in [-0.39, 0.29) is 17.1 Å². The predicted molar refractivity (Wildman–Crippen MR) is 146 cm³/mol. The monoisotopic (exact) mass is 519 g/mol. The number of hydrogen-bond acceptors (Lipinski definition) is 5. The third-order valence-corrected chi connectivity index (χ3v) is 7.31. The van der Waals surface area contributed by atoms with Crippen LogP contribution < -0.4 is 10.6 Å². The summed E-state index contributed by atoms with van der Waals surface area (Å²) in [5.74, 6) is 0.310. The van der Waals surface area contributed by atoms with Gasteiger partial charge in [-0.1, -0.05) is 60.1 Å². The molecule has 3 aromatic carbocycles. The van der Waals surface area contributed by atoms with Crippen LogP contribution in [0.25, 0.3) is 11.4 Å². The van der Waals surface area contributed by atoms with Crippen molar-refractivity contribution in [2.24, 2.45) is 7.05 Å². The minimum atomic E-state index is -0.315. The van der Waals surface area contributed by atoms with Crippen LogP contribution in [-0.2, 0) is 11.8 Å². The number of halogens is 1. The minimum absolute atomic E-state index is 0.0745. The maximum Gasteiger partial charge on any atom is 0.257 e. The van der Waals surface area contributed by atoms with Gasteiger partial charge >= 0.3 is 0 Å². The number of rotatable bonds is 8. The van der Waals surface area contributed by atoms with Crippen LogP contribution in [-0.4, -0.2) is 31.8 Å². The van der Waals surface area contributed by atoms with Crippen molar-refractivity contribution in [1.29, 1.82) is 0 Å². The van der Waals surface area contributed by atoms with E-state index in [4.69, 9.17) is 11.6 Å². The molecule has 1 aromatic heterocycles. The summed E-state index contributed by atoms with van der Waals surface area (Å²) in [6.07, 6.45) is 0.643. The number of nitrogens with one attached hydrogen (secondary N) is 2. The fraction of sp³-hybridized carbons (Fsp3) is 0.185. The molecule has 2 amide bonds. The van der Waals surface area contributed by atoms with Gasteiger partial charge in [0.05, 0.1) is 15.8 Å². The molecule has 1 atom stereocenters. The third kappa shape index (κ3) is 5.95. The molecule has 7 nitrogen and oxygen atoms in total.